The Bertz CT molecular complexity index is 578. The van der Waals surface area contributed by atoms with Gasteiger partial charge in [0.2, 0.25) is 11.8 Å². The molecule has 4 nitrogen and oxygen atoms in total. The van der Waals surface area contributed by atoms with E-state index in [1.165, 1.54) is 0 Å². The van der Waals surface area contributed by atoms with E-state index in [-0.39, 0.29) is 17.9 Å². The van der Waals surface area contributed by atoms with Crippen molar-refractivity contribution in [2.75, 3.05) is 0 Å². The van der Waals surface area contributed by atoms with Gasteiger partial charge in [-0.15, -0.1) is 0 Å². The van der Waals surface area contributed by atoms with Gasteiger partial charge in [0.05, 0.1) is 0 Å². The zero-order chi connectivity index (χ0) is 15.2. The molecule has 2 amide bonds. The van der Waals surface area contributed by atoms with Crippen molar-refractivity contribution in [1.29, 1.82) is 0 Å². The number of nitrogens with zero attached hydrogens (tertiary/aromatic N) is 1. The summed E-state index contributed by atoms with van der Waals surface area (Å²) in [4.78, 5) is 26.8. The van der Waals surface area contributed by atoms with Crippen molar-refractivity contribution in [2.24, 2.45) is 5.92 Å². The zero-order valence-corrected chi connectivity index (χ0v) is 13.8. The molecule has 112 valence electrons. The minimum Gasteiger partial charge on any atom is -0.342 e. The maximum atomic E-state index is 12.7. The third kappa shape index (κ3) is 2.71. The molecule has 1 saturated carbocycles. The van der Waals surface area contributed by atoms with E-state index < -0.39 is 5.54 Å². The lowest BCUT2D eigenvalue weighted by Gasteiger charge is -2.44. The van der Waals surface area contributed by atoms with Crippen molar-refractivity contribution in [3.05, 3.63) is 34.3 Å². The highest BCUT2D eigenvalue weighted by Gasteiger charge is 2.50. The molecule has 5 heteroatoms. The van der Waals surface area contributed by atoms with Crippen LogP contribution in [0.2, 0.25) is 0 Å². The third-order valence-electron chi connectivity index (χ3n) is 4.40. The van der Waals surface area contributed by atoms with Crippen LogP contribution in [-0.2, 0) is 16.1 Å². The molecule has 1 N–H and O–H groups in total. The van der Waals surface area contributed by atoms with Crippen LogP contribution in [0.3, 0.4) is 0 Å². The fourth-order valence-corrected chi connectivity index (χ4v) is 3.01. The molecule has 1 heterocycles. The Morgan fingerprint density at radius 3 is 2.43 bits per heavy atom. The van der Waals surface area contributed by atoms with Crippen molar-refractivity contribution in [1.82, 2.24) is 10.2 Å². The quantitative estimate of drug-likeness (QED) is 0.910. The lowest BCUT2D eigenvalue weighted by Crippen LogP contribution is -2.68. The van der Waals surface area contributed by atoms with Gasteiger partial charge in [0, 0.05) is 11.0 Å². The normalized spacial score (nSPS) is 24.9. The molecular weight excluding hydrogens is 332 g/mol. The lowest BCUT2D eigenvalue weighted by atomic mass is 9.93. The molecule has 1 aliphatic heterocycles. The van der Waals surface area contributed by atoms with Crippen molar-refractivity contribution >= 4 is 27.7 Å². The minimum atomic E-state index is -0.810. The first-order valence-corrected chi connectivity index (χ1v) is 8.06. The smallest absolute Gasteiger partial charge is 0.246 e. The molecule has 1 unspecified atom stereocenters. The predicted octanol–water partition coefficient (Wildman–Crippen LogP) is 2.46. The Morgan fingerprint density at radius 1 is 1.24 bits per heavy atom. The van der Waals surface area contributed by atoms with Crippen LogP contribution in [0, 0.1) is 5.92 Å². The van der Waals surface area contributed by atoms with Crippen molar-refractivity contribution in [2.45, 2.75) is 44.8 Å². The monoisotopic (exact) mass is 350 g/mol. The van der Waals surface area contributed by atoms with Crippen molar-refractivity contribution in [3.63, 3.8) is 0 Å². The number of amides is 2. The number of halogens is 1. The van der Waals surface area contributed by atoms with Crippen LogP contribution in [0.1, 0.15) is 32.3 Å². The fraction of sp³-hybridized carbons (Fsp3) is 0.500. The van der Waals surface area contributed by atoms with E-state index in [2.05, 4.69) is 21.2 Å². The molecule has 21 heavy (non-hydrogen) atoms. The number of rotatable bonds is 3. The molecule has 1 aromatic rings. The maximum Gasteiger partial charge on any atom is 0.246 e. The summed E-state index contributed by atoms with van der Waals surface area (Å²) in [5.41, 5.74) is 0.221. The summed E-state index contributed by atoms with van der Waals surface area (Å²) >= 11 is 3.41. The molecule has 0 bridgehead atoms. The number of hydrogen-bond acceptors (Lipinski definition) is 2. The molecule has 1 aromatic carbocycles. The molecule has 1 aliphatic carbocycles. The first-order valence-electron chi connectivity index (χ1n) is 7.26. The second-order valence-electron chi connectivity index (χ2n) is 6.40. The minimum absolute atomic E-state index is 0.0463. The second-order valence-corrected chi connectivity index (χ2v) is 7.31. The van der Waals surface area contributed by atoms with E-state index in [1.54, 1.807) is 4.90 Å². The molecule has 0 spiro atoms. The van der Waals surface area contributed by atoms with Gasteiger partial charge in [0.15, 0.2) is 0 Å². The second kappa shape index (κ2) is 5.13. The van der Waals surface area contributed by atoms with Crippen LogP contribution in [0.15, 0.2) is 28.7 Å². The Hall–Kier alpha value is -1.36. The van der Waals surface area contributed by atoms with E-state index in [9.17, 15) is 9.59 Å². The Labute approximate surface area is 133 Å². The summed E-state index contributed by atoms with van der Waals surface area (Å²) in [7, 11) is 0. The van der Waals surface area contributed by atoms with Gasteiger partial charge in [-0.25, -0.2) is 0 Å². The highest BCUT2D eigenvalue weighted by Crippen LogP contribution is 2.37. The molecule has 3 rings (SSSR count). The summed E-state index contributed by atoms with van der Waals surface area (Å²) in [6.07, 6.45) is 2.06. The lowest BCUT2D eigenvalue weighted by molar-refractivity contribution is -0.156. The van der Waals surface area contributed by atoms with Gasteiger partial charge < -0.3 is 10.2 Å². The fourth-order valence-electron chi connectivity index (χ4n) is 2.74. The SMILES string of the molecule is CC1(C)C(=O)NC(C2CC2)C(=O)N1Cc1ccc(Br)cc1. The van der Waals surface area contributed by atoms with E-state index in [0.717, 1.165) is 22.9 Å². The van der Waals surface area contributed by atoms with Crippen molar-refractivity contribution < 1.29 is 9.59 Å². The van der Waals surface area contributed by atoms with E-state index >= 15 is 0 Å². The van der Waals surface area contributed by atoms with Crippen LogP contribution < -0.4 is 5.32 Å². The molecular formula is C16H19BrN2O2. The Morgan fingerprint density at radius 2 is 1.86 bits per heavy atom. The Balaban J connectivity index is 1.86. The highest BCUT2D eigenvalue weighted by atomic mass is 79.9. The number of hydrogen-bond donors (Lipinski definition) is 1. The summed E-state index contributed by atoms with van der Waals surface area (Å²) in [6.45, 7) is 4.08. The van der Waals surface area contributed by atoms with E-state index in [4.69, 9.17) is 0 Å². The summed E-state index contributed by atoms with van der Waals surface area (Å²) in [5.74, 6) is 0.311. The average Bonchev–Trinajstić information content (AvgIpc) is 3.26. The number of carbonyl (C=O) groups is 2. The molecule has 0 radical (unpaired) electrons. The van der Waals surface area contributed by atoms with Gasteiger partial charge >= 0.3 is 0 Å². The first kappa shape index (κ1) is 14.6. The number of piperazine rings is 1. The summed E-state index contributed by atoms with van der Waals surface area (Å²) in [5, 5.41) is 2.91. The topological polar surface area (TPSA) is 49.4 Å². The van der Waals surface area contributed by atoms with Gasteiger partial charge in [-0.2, -0.15) is 0 Å². The molecule has 0 aromatic heterocycles. The largest absolute Gasteiger partial charge is 0.342 e. The van der Waals surface area contributed by atoms with Crippen LogP contribution in [0.5, 0.6) is 0 Å². The summed E-state index contributed by atoms with van der Waals surface area (Å²) < 4.78 is 1.00. The van der Waals surface area contributed by atoms with E-state index in [0.29, 0.717) is 12.5 Å². The summed E-state index contributed by atoms with van der Waals surface area (Å²) in [6, 6.07) is 7.53. The van der Waals surface area contributed by atoms with Crippen LogP contribution in [0.25, 0.3) is 0 Å². The van der Waals surface area contributed by atoms with Crippen LogP contribution >= 0.6 is 15.9 Å². The predicted molar refractivity (Wildman–Crippen MR) is 83.4 cm³/mol. The zero-order valence-electron chi connectivity index (χ0n) is 12.2. The van der Waals surface area contributed by atoms with Gasteiger partial charge in [-0.3, -0.25) is 9.59 Å². The molecule has 2 fully saturated rings. The standard InChI is InChI=1S/C16H19BrN2O2/c1-16(2)15(21)18-13(11-5-6-11)14(20)19(16)9-10-3-7-12(17)8-4-10/h3-4,7-8,11,13H,5-6,9H2,1-2H3,(H,18,21). The molecule has 1 saturated heterocycles. The van der Waals surface area contributed by atoms with Gasteiger partial charge in [0.1, 0.15) is 11.6 Å². The Kier molecular flexibility index (Phi) is 3.56. The number of carbonyl (C=O) groups excluding carboxylic acids is 2. The van der Waals surface area contributed by atoms with Crippen LogP contribution in [0.4, 0.5) is 0 Å². The highest BCUT2D eigenvalue weighted by molar-refractivity contribution is 9.10. The first-order chi connectivity index (χ1) is 9.89. The number of benzene rings is 1. The van der Waals surface area contributed by atoms with Crippen molar-refractivity contribution in [3.8, 4) is 0 Å². The van der Waals surface area contributed by atoms with Crippen LogP contribution in [-0.4, -0.2) is 28.3 Å². The average molecular weight is 351 g/mol. The van der Waals surface area contributed by atoms with Gasteiger partial charge in [-0.05, 0) is 50.3 Å². The third-order valence-corrected chi connectivity index (χ3v) is 4.93. The molecule has 2 aliphatic rings. The van der Waals surface area contributed by atoms with E-state index in [1.807, 2.05) is 38.1 Å². The number of nitrogens with one attached hydrogen (secondary N) is 1. The van der Waals surface area contributed by atoms with Gasteiger partial charge in [-0.1, -0.05) is 28.1 Å². The molecule has 1 atom stereocenters. The maximum absolute atomic E-state index is 12.7. The van der Waals surface area contributed by atoms with Gasteiger partial charge in [0.25, 0.3) is 0 Å².